The van der Waals surface area contributed by atoms with E-state index in [0.717, 1.165) is 4.90 Å². The van der Waals surface area contributed by atoms with Gasteiger partial charge in [-0.3, -0.25) is 9.59 Å². The van der Waals surface area contributed by atoms with Crippen LogP contribution in [0.15, 0.2) is 24.3 Å². The SMILES string of the molecule is COc1cccc(C(=O)NCC(=O)N(C)C(C)C(=O)O)c1. The number of amides is 2. The zero-order chi connectivity index (χ0) is 16.0. The van der Waals surface area contributed by atoms with Crippen LogP contribution in [0.5, 0.6) is 5.75 Å². The number of hydrogen-bond acceptors (Lipinski definition) is 4. The van der Waals surface area contributed by atoms with E-state index in [1.807, 2.05) is 0 Å². The number of nitrogens with zero attached hydrogens (tertiary/aromatic N) is 1. The standard InChI is InChI=1S/C14H18N2O5/c1-9(14(19)20)16(2)12(17)8-15-13(18)10-5-4-6-11(7-10)21-3/h4-7,9H,8H2,1-3H3,(H,15,18)(H,19,20). The molecular weight excluding hydrogens is 276 g/mol. The number of carbonyl (C=O) groups is 3. The third-order valence-electron chi connectivity index (χ3n) is 3.06. The maximum Gasteiger partial charge on any atom is 0.326 e. The van der Waals surface area contributed by atoms with Crippen molar-refractivity contribution >= 4 is 17.8 Å². The summed E-state index contributed by atoms with van der Waals surface area (Å²) in [6.07, 6.45) is 0. The van der Waals surface area contributed by atoms with Gasteiger partial charge in [-0.25, -0.2) is 4.79 Å². The monoisotopic (exact) mass is 294 g/mol. The first-order valence-electron chi connectivity index (χ1n) is 6.27. The highest BCUT2D eigenvalue weighted by Crippen LogP contribution is 2.12. The average Bonchev–Trinajstić information content (AvgIpc) is 2.50. The van der Waals surface area contributed by atoms with Gasteiger partial charge in [-0.05, 0) is 25.1 Å². The fourth-order valence-electron chi connectivity index (χ4n) is 1.53. The van der Waals surface area contributed by atoms with Crippen molar-refractivity contribution in [2.75, 3.05) is 20.7 Å². The molecule has 2 amide bonds. The Morgan fingerprint density at radius 1 is 1.38 bits per heavy atom. The molecular formula is C14H18N2O5. The normalized spacial score (nSPS) is 11.4. The van der Waals surface area contributed by atoms with E-state index in [1.54, 1.807) is 24.3 Å². The van der Waals surface area contributed by atoms with Crippen molar-refractivity contribution < 1.29 is 24.2 Å². The van der Waals surface area contributed by atoms with Gasteiger partial charge in [-0.1, -0.05) is 6.07 Å². The van der Waals surface area contributed by atoms with Crippen LogP contribution in [0.1, 0.15) is 17.3 Å². The molecule has 0 aliphatic heterocycles. The molecule has 0 aliphatic rings. The molecule has 1 unspecified atom stereocenters. The number of carboxylic acid groups (broad SMARTS) is 1. The number of likely N-dealkylation sites (N-methyl/N-ethyl adjacent to an activating group) is 1. The van der Waals surface area contributed by atoms with Gasteiger partial charge < -0.3 is 20.1 Å². The van der Waals surface area contributed by atoms with Crippen LogP contribution in [0, 0.1) is 0 Å². The molecule has 1 aromatic rings. The van der Waals surface area contributed by atoms with E-state index in [4.69, 9.17) is 9.84 Å². The fraction of sp³-hybridized carbons (Fsp3) is 0.357. The largest absolute Gasteiger partial charge is 0.497 e. The van der Waals surface area contributed by atoms with Crippen molar-refractivity contribution in [3.8, 4) is 5.75 Å². The molecule has 0 fully saturated rings. The maximum absolute atomic E-state index is 11.9. The molecule has 7 heteroatoms. The first-order valence-corrected chi connectivity index (χ1v) is 6.27. The second kappa shape index (κ2) is 7.28. The van der Waals surface area contributed by atoms with E-state index in [0.29, 0.717) is 11.3 Å². The van der Waals surface area contributed by atoms with Crippen molar-refractivity contribution in [3.63, 3.8) is 0 Å². The van der Waals surface area contributed by atoms with Gasteiger partial charge in [0, 0.05) is 12.6 Å². The Morgan fingerprint density at radius 2 is 2.05 bits per heavy atom. The first kappa shape index (κ1) is 16.5. The molecule has 0 spiro atoms. The molecule has 0 bridgehead atoms. The lowest BCUT2D eigenvalue weighted by Gasteiger charge is -2.21. The van der Waals surface area contributed by atoms with Crippen molar-refractivity contribution in [2.24, 2.45) is 0 Å². The minimum absolute atomic E-state index is 0.274. The number of benzene rings is 1. The predicted octanol–water partition coefficient (Wildman–Crippen LogP) is 0.356. The topological polar surface area (TPSA) is 95.9 Å². The van der Waals surface area contributed by atoms with Crippen LogP contribution in [0.4, 0.5) is 0 Å². The first-order chi connectivity index (χ1) is 9.86. The Kier molecular flexibility index (Phi) is 5.71. The summed E-state index contributed by atoms with van der Waals surface area (Å²) in [5.41, 5.74) is 0.357. The number of aliphatic carboxylic acids is 1. The molecule has 0 saturated heterocycles. The van der Waals surface area contributed by atoms with E-state index >= 15 is 0 Å². The van der Waals surface area contributed by atoms with Crippen LogP contribution in [-0.4, -0.2) is 54.5 Å². The Bertz CT molecular complexity index is 544. The second-order valence-electron chi connectivity index (χ2n) is 4.43. The number of hydrogen-bond donors (Lipinski definition) is 2. The van der Waals surface area contributed by atoms with Crippen molar-refractivity contribution in [2.45, 2.75) is 13.0 Å². The molecule has 7 nitrogen and oxygen atoms in total. The molecule has 1 rings (SSSR count). The van der Waals surface area contributed by atoms with Crippen LogP contribution in [0.2, 0.25) is 0 Å². The van der Waals surface area contributed by atoms with Gasteiger partial charge in [-0.15, -0.1) is 0 Å². The van der Waals surface area contributed by atoms with Crippen molar-refractivity contribution in [3.05, 3.63) is 29.8 Å². The summed E-state index contributed by atoms with van der Waals surface area (Å²) >= 11 is 0. The summed E-state index contributed by atoms with van der Waals surface area (Å²) in [5.74, 6) is -1.49. The summed E-state index contributed by atoms with van der Waals surface area (Å²) in [4.78, 5) is 35.5. The number of methoxy groups -OCH3 is 1. The second-order valence-corrected chi connectivity index (χ2v) is 4.43. The number of carbonyl (C=O) groups excluding carboxylic acids is 2. The minimum atomic E-state index is -1.11. The highest BCUT2D eigenvalue weighted by atomic mass is 16.5. The smallest absolute Gasteiger partial charge is 0.326 e. The van der Waals surface area contributed by atoms with Gasteiger partial charge in [0.1, 0.15) is 11.8 Å². The molecule has 21 heavy (non-hydrogen) atoms. The van der Waals surface area contributed by atoms with Crippen LogP contribution in [-0.2, 0) is 9.59 Å². The van der Waals surface area contributed by atoms with E-state index < -0.39 is 23.8 Å². The van der Waals surface area contributed by atoms with Crippen LogP contribution in [0.3, 0.4) is 0 Å². The summed E-state index contributed by atoms with van der Waals surface area (Å²) in [7, 11) is 2.86. The van der Waals surface area contributed by atoms with Crippen LogP contribution < -0.4 is 10.1 Å². The van der Waals surface area contributed by atoms with E-state index in [9.17, 15) is 14.4 Å². The summed E-state index contributed by atoms with van der Waals surface area (Å²) in [5, 5.41) is 11.3. The van der Waals surface area contributed by atoms with Crippen molar-refractivity contribution in [1.29, 1.82) is 0 Å². The lowest BCUT2D eigenvalue weighted by Crippen LogP contribution is -2.45. The molecule has 0 saturated carbocycles. The minimum Gasteiger partial charge on any atom is -0.497 e. The van der Waals surface area contributed by atoms with E-state index in [1.165, 1.54) is 21.1 Å². The van der Waals surface area contributed by atoms with Crippen molar-refractivity contribution in [1.82, 2.24) is 10.2 Å². The fourth-order valence-corrected chi connectivity index (χ4v) is 1.53. The van der Waals surface area contributed by atoms with Crippen LogP contribution >= 0.6 is 0 Å². The Hall–Kier alpha value is -2.57. The quantitative estimate of drug-likeness (QED) is 0.789. The maximum atomic E-state index is 11.9. The molecule has 0 radical (unpaired) electrons. The Balaban J connectivity index is 2.60. The molecule has 1 atom stereocenters. The summed E-state index contributed by atoms with van der Waals surface area (Å²) in [6.45, 7) is 1.12. The molecule has 114 valence electrons. The molecule has 2 N–H and O–H groups in total. The Morgan fingerprint density at radius 3 is 2.62 bits per heavy atom. The van der Waals surface area contributed by atoms with Gasteiger partial charge in [0.05, 0.1) is 13.7 Å². The Labute approximate surface area is 122 Å². The summed E-state index contributed by atoms with van der Waals surface area (Å²) < 4.78 is 5.01. The van der Waals surface area contributed by atoms with E-state index in [2.05, 4.69) is 5.32 Å². The number of ether oxygens (including phenoxy) is 1. The molecule has 0 aromatic heterocycles. The lowest BCUT2D eigenvalue weighted by molar-refractivity contribution is -0.147. The van der Waals surface area contributed by atoms with Gasteiger partial charge in [0.15, 0.2) is 0 Å². The number of nitrogens with one attached hydrogen (secondary N) is 1. The molecule has 0 aliphatic carbocycles. The third-order valence-corrected chi connectivity index (χ3v) is 3.06. The third kappa shape index (κ3) is 4.48. The zero-order valence-electron chi connectivity index (χ0n) is 12.1. The van der Waals surface area contributed by atoms with Gasteiger partial charge in [0.25, 0.3) is 5.91 Å². The predicted molar refractivity (Wildman–Crippen MR) is 75.2 cm³/mol. The van der Waals surface area contributed by atoms with E-state index in [-0.39, 0.29) is 6.54 Å². The lowest BCUT2D eigenvalue weighted by atomic mass is 10.2. The number of carboxylic acids is 1. The number of rotatable bonds is 6. The van der Waals surface area contributed by atoms with Gasteiger partial charge >= 0.3 is 5.97 Å². The zero-order valence-corrected chi connectivity index (χ0v) is 12.1. The van der Waals surface area contributed by atoms with Gasteiger partial charge in [0.2, 0.25) is 5.91 Å². The highest BCUT2D eigenvalue weighted by molar-refractivity contribution is 5.97. The molecule has 0 heterocycles. The summed E-state index contributed by atoms with van der Waals surface area (Å²) in [6, 6.07) is 5.54. The van der Waals surface area contributed by atoms with Crippen LogP contribution in [0.25, 0.3) is 0 Å². The average molecular weight is 294 g/mol. The van der Waals surface area contributed by atoms with Gasteiger partial charge in [-0.2, -0.15) is 0 Å². The molecule has 1 aromatic carbocycles. The highest BCUT2D eigenvalue weighted by Gasteiger charge is 2.21.